The fourth-order valence-electron chi connectivity index (χ4n) is 1.77. The maximum Gasteiger partial charge on any atom is 0.255 e. The number of nitrogens with one attached hydrogen (secondary N) is 1. The van der Waals surface area contributed by atoms with Gasteiger partial charge in [-0.1, -0.05) is 11.8 Å². The molecule has 0 aliphatic rings. The van der Waals surface area contributed by atoms with Gasteiger partial charge in [-0.3, -0.25) is 4.79 Å². The van der Waals surface area contributed by atoms with E-state index in [4.69, 9.17) is 5.11 Å². The maximum absolute atomic E-state index is 12.2. The molecule has 0 saturated heterocycles. The molecule has 0 spiro atoms. The Morgan fingerprint density at radius 2 is 2.05 bits per heavy atom. The van der Waals surface area contributed by atoms with Gasteiger partial charge in [-0.05, 0) is 30.7 Å². The fourth-order valence-corrected chi connectivity index (χ4v) is 1.77. The number of aliphatic hydroxyl groups excluding tert-OH is 1. The molecular formula is C16H15N3O2. The lowest BCUT2D eigenvalue weighted by atomic mass is 10.1. The molecule has 0 fully saturated rings. The molecule has 1 heterocycles. The van der Waals surface area contributed by atoms with Gasteiger partial charge in [0.2, 0.25) is 0 Å². The van der Waals surface area contributed by atoms with Gasteiger partial charge in [0.15, 0.2) is 0 Å². The Hall–Kier alpha value is -2.71. The number of carbonyl (C=O) groups is 1. The van der Waals surface area contributed by atoms with Gasteiger partial charge in [0.05, 0.1) is 24.7 Å². The van der Waals surface area contributed by atoms with Gasteiger partial charge in [0, 0.05) is 17.5 Å². The molecule has 0 aliphatic heterocycles. The number of hydrogen-bond donors (Lipinski definition) is 2. The number of benzene rings is 1. The van der Waals surface area contributed by atoms with Crippen molar-refractivity contribution in [3.63, 3.8) is 0 Å². The third-order valence-corrected chi connectivity index (χ3v) is 2.63. The van der Waals surface area contributed by atoms with Crippen molar-refractivity contribution >= 4 is 11.6 Å². The van der Waals surface area contributed by atoms with Crippen molar-refractivity contribution in [3.8, 4) is 11.8 Å². The predicted octanol–water partition coefficient (Wildman–Crippen LogP) is 1.77. The normalized spacial score (nSPS) is 9.62. The Kier molecular flexibility index (Phi) is 5.02. The van der Waals surface area contributed by atoms with Crippen LogP contribution in [-0.4, -0.2) is 27.6 Å². The maximum atomic E-state index is 12.2. The minimum Gasteiger partial charge on any atom is -0.395 e. The second-order valence-electron chi connectivity index (χ2n) is 4.44. The summed E-state index contributed by atoms with van der Waals surface area (Å²) < 4.78 is 0. The summed E-state index contributed by atoms with van der Waals surface area (Å²) in [7, 11) is 0. The molecule has 0 aliphatic carbocycles. The second kappa shape index (κ2) is 7.17. The Bertz CT molecular complexity index is 688. The topological polar surface area (TPSA) is 75.1 Å². The lowest BCUT2D eigenvalue weighted by molar-refractivity contribution is 0.102. The first kappa shape index (κ1) is 14.7. The number of hydrogen-bond acceptors (Lipinski definition) is 4. The van der Waals surface area contributed by atoms with Crippen molar-refractivity contribution in [1.29, 1.82) is 0 Å². The largest absolute Gasteiger partial charge is 0.395 e. The van der Waals surface area contributed by atoms with Crippen LogP contribution in [0.25, 0.3) is 0 Å². The van der Waals surface area contributed by atoms with E-state index >= 15 is 0 Å². The molecule has 5 heteroatoms. The van der Waals surface area contributed by atoms with E-state index in [0.717, 1.165) is 11.1 Å². The average molecular weight is 281 g/mol. The van der Waals surface area contributed by atoms with Crippen molar-refractivity contribution in [2.24, 2.45) is 0 Å². The number of carbonyl (C=O) groups excluding carboxylic acids is 1. The van der Waals surface area contributed by atoms with Gasteiger partial charge >= 0.3 is 0 Å². The summed E-state index contributed by atoms with van der Waals surface area (Å²) >= 11 is 0. The number of aromatic nitrogens is 2. The molecule has 0 bridgehead atoms. The number of aliphatic hydroxyl groups is 1. The van der Waals surface area contributed by atoms with E-state index in [1.807, 2.05) is 13.0 Å². The Morgan fingerprint density at radius 3 is 2.76 bits per heavy atom. The smallest absolute Gasteiger partial charge is 0.255 e. The highest BCUT2D eigenvalue weighted by Crippen LogP contribution is 2.11. The zero-order valence-electron chi connectivity index (χ0n) is 11.6. The van der Waals surface area contributed by atoms with Crippen LogP contribution in [0, 0.1) is 18.8 Å². The highest BCUT2D eigenvalue weighted by molar-refractivity contribution is 6.04. The molecule has 21 heavy (non-hydrogen) atoms. The third kappa shape index (κ3) is 4.41. The first-order chi connectivity index (χ1) is 10.2. The van der Waals surface area contributed by atoms with Crippen LogP contribution in [0.3, 0.4) is 0 Å². The quantitative estimate of drug-likeness (QED) is 0.841. The number of aryl methyl sites for hydroxylation is 1. The molecule has 0 radical (unpaired) electrons. The third-order valence-electron chi connectivity index (χ3n) is 2.63. The second-order valence-corrected chi connectivity index (χ2v) is 4.44. The van der Waals surface area contributed by atoms with Gasteiger partial charge in [-0.15, -0.1) is 0 Å². The molecule has 5 nitrogen and oxygen atoms in total. The van der Waals surface area contributed by atoms with Crippen molar-refractivity contribution in [2.45, 2.75) is 13.3 Å². The van der Waals surface area contributed by atoms with Crippen LogP contribution in [0.1, 0.15) is 27.9 Å². The summed E-state index contributed by atoms with van der Waals surface area (Å²) in [6, 6.07) is 5.40. The lowest BCUT2D eigenvalue weighted by Gasteiger charge is -2.06. The van der Waals surface area contributed by atoms with Crippen LogP contribution >= 0.6 is 0 Å². The van der Waals surface area contributed by atoms with E-state index in [1.165, 1.54) is 18.7 Å². The summed E-state index contributed by atoms with van der Waals surface area (Å²) in [6.45, 7) is 1.93. The number of nitrogens with zero attached hydrogens (tertiary/aromatic N) is 2. The molecule has 2 aromatic rings. The molecule has 0 unspecified atom stereocenters. The number of amides is 1. The molecule has 1 amide bonds. The SMILES string of the molecule is Cc1cc(C#CCCO)cc(C(=O)Nc2cncnc2)c1. The van der Waals surface area contributed by atoms with Gasteiger partial charge in [0.25, 0.3) is 5.91 Å². The minimum atomic E-state index is -0.237. The standard InChI is InChI=1S/C16H15N3O2/c1-12-6-13(4-2-3-5-20)8-14(7-12)16(21)19-15-9-17-11-18-10-15/h6-11,20H,3,5H2,1H3,(H,19,21). The summed E-state index contributed by atoms with van der Waals surface area (Å²) in [5.41, 5.74) is 2.75. The van der Waals surface area contributed by atoms with Crippen molar-refractivity contribution in [1.82, 2.24) is 9.97 Å². The molecule has 0 saturated carbocycles. The highest BCUT2D eigenvalue weighted by atomic mass is 16.2. The predicted molar refractivity (Wildman–Crippen MR) is 79.7 cm³/mol. The summed E-state index contributed by atoms with van der Waals surface area (Å²) in [4.78, 5) is 19.9. The Balaban J connectivity index is 2.19. The molecule has 2 N–H and O–H groups in total. The monoisotopic (exact) mass is 281 g/mol. The van der Waals surface area contributed by atoms with E-state index in [-0.39, 0.29) is 12.5 Å². The van der Waals surface area contributed by atoms with Crippen LogP contribution in [-0.2, 0) is 0 Å². The number of anilines is 1. The molecule has 106 valence electrons. The zero-order chi connectivity index (χ0) is 15.1. The minimum absolute atomic E-state index is 0.0279. The van der Waals surface area contributed by atoms with E-state index < -0.39 is 0 Å². The van der Waals surface area contributed by atoms with E-state index in [2.05, 4.69) is 27.1 Å². The van der Waals surface area contributed by atoms with Crippen LogP contribution in [0.4, 0.5) is 5.69 Å². The highest BCUT2D eigenvalue weighted by Gasteiger charge is 2.08. The molecule has 1 aromatic carbocycles. The van der Waals surface area contributed by atoms with Crippen LogP contribution in [0.5, 0.6) is 0 Å². The van der Waals surface area contributed by atoms with Crippen molar-refractivity contribution in [2.75, 3.05) is 11.9 Å². The molecule has 0 atom stereocenters. The molecular weight excluding hydrogens is 266 g/mol. The van der Waals surface area contributed by atoms with Gasteiger partial charge in [-0.25, -0.2) is 9.97 Å². The Morgan fingerprint density at radius 1 is 1.29 bits per heavy atom. The summed E-state index contributed by atoms with van der Waals surface area (Å²) in [6.07, 6.45) is 4.87. The average Bonchev–Trinajstić information content (AvgIpc) is 2.48. The lowest BCUT2D eigenvalue weighted by Crippen LogP contribution is -2.12. The summed E-state index contributed by atoms with van der Waals surface area (Å²) in [5.74, 6) is 5.54. The number of rotatable bonds is 3. The van der Waals surface area contributed by atoms with Gasteiger partial charge < -0.3 is 10.4 Å². The van der Waals surface area contributed by atoms with Crippen LogP contribution in [0.15, 0.2) is 36.9 Å². The molecule has 2 rings (SSSR count). The molecule has 1 aromatic heterocycles. The van der Waals surface area contributed by atoms with E-state index in [1.54, 1.807) is 12.1 Å². The Labute approximate surface area is 123 Å². The van der Waals surface area contributed by atoms with Gasteiger partial charge in [0.1, 0.15) is 6.33 Å². The fraction of sp³-hybridized carbons (Fsp3) is 0.188. The zero-order valence-corrected chi connectivity index (χ0v) is 11.6. The van der Waals surface area contributed by atoms with Crippen molar-refractivity contribution in [3.05, 3.63) is 53.6 Å². The van der Waals surface area contributed by atoms with E-state index in [9.17, 15) is 4.79 Å². The van der Waals surface area contributed by atoms with Gasteiger partial charge in [-0.2, -0.15) is 0 Å². The summed E-state index contributed by atoms with van der Waals surface area (Å²) in [5, 5.41) is 11.5. The van der Waals surface area contributed by atoms with Crippen LogP contribution < -0.4 is 5.32 Å². The van der Waals surface area contributed by atoms with Crippen molar-refractivity contribution < 1.29 is 9.90 Å². The van der Waals surface area contributed by atoms with E-state index in [0.29, 0.717) is 17.7 Å². The first-order valence-electron chi connectivity index (χ1n) is 6.47. The first-order valence-corrected chi connectivity index (χ1v) is 6.47. The van der Waals surface area contributed by atoms with Crippen LogP contribution in [0.2, 0.25) is 0 Å².